The smallest absolute Gasteiger partial charge is 0.251 e. The molecule has 4 heteroatoms. The number of nitrogen functional groups attached to an aromatic ring is 1. The molecule has 1 aliphatic heterocycles. The number of aryl methyl sites for hydroxylation is 1. The Bertz CT molecular complexity index is 439. The van der Waals surface area contributed by atoms with Gasteiger partial charge in [-0.3, -0.25) is 4.79 Å². The van der Waals surface area contributed by atoms with Crippen LogP contribution in [-0.2, 0) is 11.3 Å². The summed E-state index contributed by atoms with van der Waals surface area (Å²) in [6.07, 6.45) is 4.25. The third kappa shape index (κ3) is 2.27. The van der Waals surface area contributed by atoms with E-state index in [2.05, 4.69) is 6.92 Å². The van der Waals surface area contributed by atoms with Crippen LogP contribution >= 0.6 is 0 Å². The highest BCUT2D eigenvalue weighted by molar-refractivity contribution is 5.42. The first-order valence-electron chi connectivity index (χ1n) is 5.68. The summed E-state index contributed by atoms with van der Waals surface area (Å²) in [7, 11) is 0. The lowest BCUT2D eigenvalue weighted by atomic mass is 10.2. The lowest BCUT2D eigenvalue weighted by molar-refractivity contribution is 0.0452. The first kappa shape index (κ1) is 11.2. The Labute approximate surface area is 95.0 Å². The highest BCUT2D eigenvalue weighted by Crippen LogP contribution is 2.20. The molecular formula is C12H18N2O2. The van der Waals surface area contributed by atoms with Crippen molar-refractivity contribution in [2.24, 2.45) is 0 Å². The first-order chi connectivity index (χ1) is 7.56. The number of nitrogens with zero attached hydrogens (tertiary/aromatic N) is 1. The minimum atomic E-state index is -0.00477. The van der Waals surface area contributed by atoms with E-state index in [0.29, 0.717) is 18.3 Å². The molecule has 0 saturated carbocycles. The second kappa shape index (κ2) is 4.29. The third-order valence-corrected chi connectivity index (χ3v) is 3.09. The van der Waals surface area contributed by atoms with Crippen molar-refractivity contribution in [2.75, 3.05) is 5.73 Å². The molecule has 1 aliphatic rings. The van der Waals surface area contributed by atoms with Gasteiger partial charge in [0.2, 0.25) is 0 Å². The van der Waals surface area contributed by atoms with Crippen LogP contribution in [0.1, 0.15) is 25.3 Å². The fraction of sp³-hybridized carbons (Fsp3) is 0.583. The molecule has 2 heterocycles. The Balaban J connectivity index is 2.15. The summed E-state index contributed by atoms with van der Waals surface area (Å²) >= 11 is 0. The zero-order valence-electron chi connectivity index (χ0n) is 9.77. The van der Waals surface area contributed by atoms with Crippen LogP contribution in [0.5, 0.6) is 0 Å². The molecule has 0 radical (unpaired) electrons. The molecule has 4 nitrogen and oxygen atoms in total. The Morgan fingerprint density at radius 1 is 1.56 bits per heavy atom. The minimum absolute atomic E-state index is 0.00477. The van der Waals surface area contributed by atoms with E-state index >= 15 is 0 Å². The lowest BCUT2D eigenvalue weighted by Gasteiger charge is -2.14. The van der Waals surface area contributed by atoms with Gasteiger partial charge in [-0.05, 0) is 32.3 Å². The molecule has 2 N–H and O–H groups in total. The monoisotopic (exact) mass is 222 g/mol. The van der Waals surface area contributed by atoms with Crippen molar-refractivity contribution in [1.29, 1.82) is 0 Å². The SMILES string of the molecule is Cc1cc(=O)n(CC2CCC(C)O2)cc1N. The largest absolute Gasteiger partial charge is 0.397 e. The summed E-state index contributed by atoms with van der Waals surface area (Å²) < 4.78 is 7.33. The average molecular weight is 222 g/mol. The highest BCUT2D eigenvalue weighted by Gasteiger charge is 2.22. The normalized spacial score (nSPS) is 24.9. The van der Waals surface area contributed by atoms with Crippen molar-refractivity contribution < 1.29 is 4.74 Å². The van der Waals surface area contributed by atoms with E-state index in [1.54, 1.807) is 16.8 Å². The van der Waals surface area contributed by atoms with Gasteiger partial charge in [-0.1, -0.05) is 0 Å². The second-order valence-corrected chi connectivity index (χ2v) is 4.55. The molecule has 2 atom stereocenters. The van der Waals surface area contributed by atoms with Crippen molar-refractivity contribution in [3.63, 3.8) is 0 Å². The van der Waals surface area contributed by atoms with E-state index in [9.17, 15) is 4.79 Å². The summed E-state index contributed by atoms with van der Waals surface area (Å²) in [6.45, 7) is 4.51. The Morgan fingerprint density at radius 2 is 2.31 bits per heavy atom. The molecule has 0 spiro atoms. The van der Waals surface area contributed by atoms with Gasteiger partial charge in [0.1, 0.15) is 0 Å². The molecular weight excluding hydrogens is 204 g/mol. The topological polar surface area (TPSA) is 57.2 Å². The Kier molecular flexibility index (Phi) is 3.01. The van der Waals surface area contributed by atoms with Crippen LogP contribution in [-0.4, -0.2) is 16.8 Å². The van der Waals surface area contributed by atoms with Gasteiger partial charge < -0.3 is 15.0 Å². The fourth-order valence-electron chi connectivity index (χ4n) is 2.07. The zero-order chi connectivity index (χ0) is 11.7. The van der Waals surface area contributed by atoms with Crippen LogP contribution in [0.4, 0.5) is 5.69 Å². The van der Waals surface area contributed by atoms with Crippen LogP contribution in [0.15, 0.2) is 17.1 Å². The van der Waals surface area contributed by atoms with Gasteiger partial charge in [-0.2, -0.15) is 0 Å². The Hall–Kier alpha value is -1.29. The van der Waals surface area contributed by atoms with Crippen molar-refractivity contribution in [1.82, 2.24) is 4.57 Å². The number of ether oxygens (including phenoxy) is 1. The van der Waals surface area contributed by atoms with Crippen LogP contribution in [0.2, 0.25) is 0 Å². The molecule has 2 rings (SSSR count). The lowest BCUT2D eigenvalue weighted by Crippen LogP contribution is -2.26. The molecule has 0 aliphatic carbocycles. The maximum Gasteiger partial charge on any atom is 0.251 e. The number of anilines is 1. The van der Waals surface area contributed by atoms with Crippen molar-refractivity contribution in [2.45, 2.75) is 45.4 Å². The van der Waals surface area contributed by atoms with E-state index in [-0.39, 0.29) is 11.7 Å². The van der Waals surface area contributed by atoms with Crippen LogP contribution in [0.25, 0.3) is 0 Å². The van der Waals surface area contributed by atoms with Gasteiger partial charge in [0.25, 0.3) is 5.56 Å². The number of hydrogen-bond acceptors (Lipinski definition) is 3. The van der Waals surface area contributed by atoms with Gasteiger partial charge in [-0.25, -0.2) is 0 Å². The molecule has 0 bridgehead atoms. The number of hydrogen-bond donors (Lipinski definition) is 1. The van der Waals surface area contributed by atoms with Crippen LogP contribution < -0.4 is 11.3 Å². The number of rotatable bonds is 2. The first-order valence-corrected chi connectivity index (χ1v) is 5.68. The number of aromatic nitrogens is 1. The molecule has 16 heavy (non-hydrogen) atoms. The predicted molar refractivity (Wildman–Crippen MR) is 63.4 cm³/mol. The van der Waals surface area contributed by atoms with Gasteiger partial charge in [0, 0.05) is 12.3 Å². The van der Waals surface area contributed by atoms with E-state index in [1.807, 2.05) is 6.92 Å². The van der Waals surface area contributed by atoms with Crippen molar-refractivity contribution >= 4 is 5.69 Å². The molecule has 1 aromatic heterocycles. The van der Waals surface area contributed by atoms with Crippen LogP contribution in [0, 0.1) is 6.92 Å². The van der Waals surface area contributed by atoms with Crippen LogP contribution in [0.3, 0.4) is 0 Å². The number of nitrogens with two attached hydrogens (primary N) is 1. The quantitative estimate of drug-likeness (QED) is 0.820. The average Bonchev–Trinajstić information content (AvgIpc) is 2.60. The van der Waals surface area contributed by atoms with E-state index in [0.717, 1.165) is 18.4 Å². The molecule has 0 amide bonds. The number of pyridine rings is 1. The summed E-state index contributed by atoms with van der Waals surface area (Å²) in [5.74, 6) is 0. The molecule has 1 saturated heterocycles. The molecule has 2 unspecified atom stereocenters. The second-order valence-electron chi connectivity index (χ2n) is 4.55. The highest BCUT2D eigenvalue weighted by atomic mass is 16.5. The zero-order valence-corrected chi connectivity index (χ0v) is 9.77. The summed E-state index contributed by atoms with van der Waals surface area (Å²) in [5, 5.41) is 0. The van der Waals surface area contributed by atoms with Gasteiger partial charge in [-0.15, -0.1) is 0 Å². The third-order valence-electron chi connectivity index (χ3n) is 3.09. The van der Waals surface area contributed by atoms with E-state index in [4.69, 9.17) is 10.5 Å². The maximum absolute atomic E-state index is 11.7. The van der Waals surface area contributed by atoms with E-state index < -0.39 is 0 Å². The summed E-state index contributed by atoms with van der Waals surface area (Å²) in [6, 6.07) is 1.58. The molecule has 1 fully saturated rings. The van der Waals surface area contributed by atoms with Gasteiger partial charge in [0.15, 0.2) is 0 Å². The fourth-order valence-corrected chi connectivity index (χ4v) is 2.07. The van der Waals surface area contributed by atoms with E-state index in [1.165, 1.54) is 0 Å². The Morgan fingerprint density at radius 3 is 2.94 bits per heavy atom. The van der Waals surface area contributed by atoms with Crippen molar-refractivity contribution in [3.8, 4) is 0 Å². The van der Waals surface area contributed by atoms with Gasteiger partial charge >= 0.3 is 0 Å². The maximum atomic E-state index is 11.7. The van der Waals surface area contributed by atoms with Crippen molar-refractivity contribution in [3.05, 3.63) is 28.2 Å². The summed E-state index contributed by atoms with van der Waals surface area (Å²) in [4.78, 5) is 11.7. The minimum Gasteiger partial charge on any atom is -0.397 e. The predicted octanol–water partition coefficient (Wildman–Crippen LogP) is 1.31. The van der Waals surface area contributed by atoms with Gasteiger partial charge in [0.05, 0.1) is 24.4 Å². The summed E-state index contributed by atoms with van der Waals surface area (Å²) in [5.41, 5.74) is 7.28. The molecule has 1 aromatic rings. The standard InChI is InChI=1S/C12H18N2O2/c1-8-5-12(15)14(7-11(8)13)6-10-4-3-9(2)16-10/h5,7,9-10H,3-4,6,13H2,1-2H3. The molecule has 0 aromatic carbocycles. The molecule has 88 valence electrons.